The SMILES string of the molecule is Cc1ccccc1Cn1nnc(C(=O)NCc2ccco2)c1N. The second-order valence-corrected chi connectivity index (χ2v) is 5.17. The van der Waals surface area contributed by atoms with E-state index in [1.54, 1.807) is 18.4 Å². The van der Waals surface area contributed by atoms with Crippen LogP contribution in [0.5, 0.6) is 0 Å². The highest BCUT2D eigenvalue weighted by Crippen LogP contribution is 2.13. The predicted octanol–water partition coefficient (Wildman–Crippen LogP) is 1.74. The molecule has 0 unspecified atom stereocenters. The molecule has 118 valence electrons. The normalized spacial score (nSPS) is 10.7. The topological polar surface area (TPSA) is 99.0 Å². The van der Waals surface area contributed by atoms with E-state index in [0.717, 1.165) is 11.1 Å². The van der Waals surface area contributed by atoms with Gasteiger partial charge in [-0.15, -0.1) is 5.10 Å². The lowest BCUT2D eigenvalue weighted by Gasteiger charge is -2.06. The second-order valence-electron chi connectivity index (χ2n) is 5.17. The zero-order valence-corrected chi connectivity index (χ0v) is 12.7. The Kier molecular flexibility index (Phi) is 4.09. The molecule has 2 aromatic heterocycles. The van der Waals surface area contributed by atoms with Gasteiger partial charge in [-0.05, 0) is 30.2 Å². The van der Waals surface area contributed by atoms with Crippen molar-refractivity contribution in [1.82, 2.24) is 20.3 Å². The van der Waals surface area contributed by atoms with Crippen molar-refractivity contribution in [2.24, 2.45) is 0 Å². The van der Waals surface area contributed by atoms with Crippen LogP contribution in [0.3, 0.4) is 0 Å². The minimum atomic E-state index is -0.380. The summed E-state index contributed by atoms with van der Waals surface area (Å²) >= 11 is 0. The summed E-state index contributed by atoms with van der Waals surface area (Å²) in [5, 5.41) is 10.6. The van der Waals surface area contributed by atoms with Gasteiger partial charge >= 0.3 is 0 Å². The van der Waals surface area contributed by atoms with Gasteiger partial charge in [0.15, 0.2) is 11.5 Å². The number of hydrogen-bond donors (Lipinski definition) is 2. The molecule has 3 rings (SSSR count). The average Bonchev–Trinajstić information content (AvgIpc) is 3.18. The highest BCUT2D eigenvalue weighted by Gasteiger charge is 2.17. The van der Waals surface area contributed by atoms with Gasteiger partial charge in [-0.3, -0.25) is 4.79 Å². The summed E-state index contributed by atoms with van der Waals surface area (Å²) < 4.78 is 6.68. The summed E-state index contributed by atoms with van der Waals surface area (Å²) in [6.45, 7) is 2.76. The highest BCUT2D eigenvalue weighted by molar-refractivity contribution is 5.96. The first-order valence-corrected chi connectivity index (χ1v) is 7.19. The van der Waals surface area contributed by atoms with Crippen LogP contribution in [-0.4, -0.2) is 20.9 Å². The van der Waals surface area contributed by atoms with E-state index in [9.17, 15) is 4.79 Å². The van der Waals surface area contributed by atoms with Gasteiger partial charge in [0, 0.05) is 0 Å². The maximum atomic E-state index is 12.1. The largest absolute Gasteiger partial charge is 0.467 e. The standard InChI is InChI=1S/C16H17N5O2/c1-11-5-2-3-6-12(11)10-21-15(17)14(19-20-21)16(22)18-9-13-7-4-8-23-13/h2-8H,9-10,17H2,1H3,(H,18,22). The van der Waals surface area contributed by atoms with Crippen LogP contribution >= 0.6 is 0 Å². The molecule has 0 aliphatic heterocycles. The van der Waals surface area contributed by atoms with Crippen molar-refractivity contribution in [3.63, 3.8) is 0 Å². The zero-order valence-electron chi connectivity index (χ0n) is 12.7. The van der Waals surface area contributed by atoms with E-state index in [1.165, 1.54) is 4.68 Å². The van der Waals surface area contributed by atoms with Crippen molar-refractivity contribution in [2.75, 3.05) is 5.73 Å². The predicted molar refractivity (Wildman–Crippen MR) is 84.6 cm³/mol. The van der Waals surface area contributed by atoms with Crippen LogP contribution in [0.15, 0.2) is 47.1 Å². The third-order valence-corrected chi connectivity index (χ3v) is 3.57. The number of furan rings is 1. The van der Waals surface area contributed by atoms with Gasteiger partial charge in [0.1, 0.15) is 5.76 Å². The third-order valence-electron chi connectivity index (χ3n) is 3.57. The molecule has 0 atom stereocenters. The van der Waals surface area contributed by atoms with E-state index in [0.29, 0.717) is 12.3 Å². The van der Waals surface area contributed by atoms with E-state index in [2.05, 4.69) is 15.6 Å². The van der Waals surface area contributed by atoms with Crippen LogP contribution in [0.4, 0.5) is 5.82 Å². The molecular formula is C16H17N5O2. The van der Waals surface area contributed by atoms with Gasteiger partial charge in [0.25, 0.3) is 5.91 Å². The molecule has 3 aromatic rings. The lowest BCUT2D eigenvalue weighted by atomic mass is 10.1. The van der Waals surface area contributed by atoms with Crippen LogP contribution < -0.4 is 11.1 Å². The third kappa shape index (κ3) is 3.23. The number of rotatable bonds is 5. The minimum absolute atomic E-state index is 0.116. The van der Waals surface area contributed by atoms with Crippen molar-refractivity contribution in [3.8, 4) is 0 Å². The number of nitrogens with one attached hydrogen (secondary N) is 1. The number of benzene rings is 1. The molecule has 0 fully saturated rings. The smallest absolute Gasteiger partial charge is 0.276 e. The molecule has 3 N–H and O–H groups in total. The monoisotopic (exact) mass is 311 g/mol. The molecule has 0 aliphatic rings. The number of aryl methyl sites for hydroxylation is 1. The summed E-state index contributed by atoms with van der Waals surface area (Å²) in [5.74, 6) is 0.518. The van der Waals surface area contributed by atoms with Gasteiger partial charge in [0.2, 0.25) is 0 Å². The van der Waals surface area contributed by atoms with Crippen molar-refractivity contribution in [1.29, 1.82) is 0 Å². The summed E-state index contributed by atoms with van der Waals surface area (Å²) in [4.78, 5) is 12.1. The van der Waals surface area contributed by atoms with Gasteiger partial charge in [-0.2, -0.15) is 0 Å². The molecule has 0 saturated carbocycles. The van der Waals surface area contributed by atoms with Crippen LogP contribution in [0.1, 0.15) is 27.4 Å². The van der Waals surface area contributed by atoms with Crippen LogP contribution in [-0.2, 0) is 13.1 Å². The number of nitrogen functional groups attached to an aromatic ring is 1. The quantitative estimate of drug-likeness (QED) is 0.747. The maximum Gasteiger partial charge on any atom is 0.276 e. The minimum Gasteiger partial charge on any atom is -0.467 e. The average molecular weight is 311 g/mol. The lowest BCUT2D eigenvalue weighted by molar-refractivity contribution is 0.0944. The molecule has 1 aromatic carbocycles. The molecule has 1 amide bonds. The molecule has 0 aliphatic carbocycles. The number of carbonyl (C=O) groups excluding carboxylic acids is 1. The van der Waals surface area contributed by atoms with E-state index in [4.69, 9.17) is 10.2 Å². The van der Waals surface area contributed by atoms with E-state index >= 15 is 0 Å². The number of nitrogens with zero attached hydrogens (tertiary/aromatic N) is 3. The Morgan fingerprint density at radius 3 is 2.87 bits per heavy atom. The van der Waals surface area contributed by atoms with Crippen molar-refractivity contribution in [2.45, 2.75) is 20.0 Å². The lowest BCUT2D eigenvalue weighted by Crippen LogP contribution is -2.24. The van der Waals surface area contributed by atoms with Crippen LogP contribution in [0.25, 0.3) is 0 Å². The van der Waals surface area contributed by atoms with E-state index in [-0.39, 0.29) is 24.0 Å². The van der Waals surface area contributed by atoms with Gasteiger partial charge in [0.05, 0.1) is 19.4 Å². The fourth-order valence-corrected chi connectivity index (χ4v) is 2.21. The highest BCUT2D eigenvalue weighted by atomic mass is 16.3. The summed E-state index contributed by atoms with van der Waals surface area (Å²) in [6.07, 6.45) is 1.55. The maximum absolute atomic E-state index is 12.1. The Labute approximate surface area is 133 Å². The molecule has 0 spiro atoms. The molecule has 0 saturated heterocycles. The number of carbonyl (C=O) groups is 1. The molecule has 7 nitrogen and oxygen atoms in total. The van der Waals surface area contributed by atoms with Gasteiger partial charge < -0.3 is 15.5 Å². The Morgan fingerprint density at radius 2 is 2.13 bits per heavy atom. The zero-order chi connectivity index (χ0) is 16.2. The van der Waals surface area contributed by atoms with Crippen molar-refractivity contribution < 1.29 is 9.21 Å². The summed E-state index contributed by atoms with van der Waals surface area (Å²) in [5.41, 5.74) is 8.33. The van der Waals surface area contributed by atoms with Crippen LogP contribution in [0.2, 0.25) is 0 Å². The Hall–Kier alpha value is -3.09. The number of amides is 1. The molecule has 0 bridgehead atoms. The van der Waals surface area contributed by atoms with Gasteiger partial charge in [-0.25, -0.2) is 4.68 Å². The number of nitrogens with two attached hydrogens (primary N) is 1. The fourth-order valence-electron chi connectivity index (χ4n) is 2.21. The van der Waals surface area contributed by atoms with Gasteiger partial charge in [-0.1, -0.05) is 29.5 Å². The summed E-state index contributed by atoms with van der Waals surface area (Å²) in [6, 6.07) is 11.5. The van der Waals surface area contributed by atoms with Crippen molar-refractivity contribution >= 4 is 11.7 Å². The number of anilines is 1. The van der Waals surface area contributed by atoms with E-state index in [1.807, 2.05) is 31.2 Å². The fraction of sp³-hybridized carbons (Fsp3) is 0.188. The first-order valence-electron chi connectivity index (χ1n) is 7.19. The summed E-state index contributed by atoms with van der Waals surface area (Å²) in [7, 11) is 0. The first-order chi connectivity index (χ1) is 11.1. The molecule has 0 radical (unpaired) electrons. The molecule has 7 heteroatoms. The second kappa shape index (κ2) is 6.35. The van der Waals surface area contributed by atoms with Crippen LogP contribution in [0, 0.1) is 6.92 Å². The Morgan fingerprint density at radius 1 is 1.30 bits per heavy atom. The Bertz CT molecular complexity index is 808. The molecule has 23 heavy (non-hydrogen) atoms. The Balaban J connectivity index is 1.71. The number of aromatic nitrogens is 3. The van der Waals surface area contributed by atoms with E-state index < -0.39 is 0 Å². The molecular weight excluding hydrogens is 294 g/mol. The molecule has 2 heterocycles. The first kappa shape index (κ1) is 14.8. The van der Waals surface area contributed by atoms with Crippen molar-refractivity contribution in [3.05, 3.63) is 65.2 Å². The number of hydrogen-bond acceptors (Lipinski definition) is 5.